The van der Waals surface area contributed by atoms with Crippen LogP contribution in [0.3, 0.4) is 0 Å². The molecule has 0 aliphatic heterocycles. The third-order valence-electron chi connectivity index (χ3n) is 3.25. The number of anilines is 1. The molecule has 0 saturated heterocycles. The maximum atomic E-state index is 6.10. The molecule has 0 fully saturated rings. The number of hydrogen-bond acceptors (Lipinski definition) is 3. The van der Waals surface area contributed by atoms with Gasteiger partial charge in [-0.1, -0.05) is 64.8 Å². The Hall–Kier alpha value is -2.08. The summed E-state index contributed by atoms with van der Waals surface area (Å²) in [7, 11) is 0. The maximum Gasteiger partial charge on any atom is 0.171 e. The molecule has 2 N–H and O–H groups in total. The number of thiocarbonyl (C=S) groups is 1. The molecule has 0 atom stereocenters. The summed E-state index contributed by atoms with van der Waals surface area (Å²) in [5.74, 6) is 0.670. The number of hydrogen-bond donors (Lipinski definition) is 2. The van der Waals surface area contributed by atoms with Gasteiger partial charge in [0.25, 0.3) is 0 Å². The Bertz CT molecular complexity index is 832. The number of rotatable bonds is 4. The van der Waals surface area contributed by atoms with Crippen LogP contribution in [0.25, 0.3) is 11.3 Å². The van der Waals surface area contributed by atoms with Crippen LogP contribution in [0, 0.1) is 0 Å². The van der Waals surface area contributed by atoms with Crippen LogP contribution >= 0.6 is 35.4 Å². The summed E-state index contributed by atoms with van der Waals surface area (Å²) in [5, 5.41) is 11.5. The lowest BCUT2D eigenvalue weighted by molar-refractivity contribution is 0.382. The zero-order valence-electron chi connectivity index (χ0n) is 12.4. The van der Waals surface area contributed by atoms with Crippen LogP contribution in [0.4, 0.5) is 5.69 Å². The molecule has 0 spiro atoms. The molecular formula is C17H13Cl2N3OS. The SMILES string of the molecule is S=C(NCc1cc(-c2ccccc2)no1)Nc1c(Cl)cccc1Cl. The molecule has 0 radical (unpaired) electrons. The number of halogens is 2. The van der Waals surface area contributed by atoms with Gasteiger partial charge in [0.05, 0.1) is 22.3 Å². The highest BCUT2D eigenvalue weighted by molar-refractivity contribution is 7.80. The first-order valence-corrected chi connectivity index (χ1v) is 8.30. The van der Waals surface area contributed by atoms with Gasteiger partial charge in [0, 0.05) is 11.6 Å². The Morgan fingerprint density at radius 2 is 1.75 bits per heavy atom. The molecule has 0 amide bonds. The zero-order chi connectivity index (χ0) is 16.9. The van der Waals surface area contributed by atoms with Crippen molar-refractivity contribution in [1.29, 1.82) is 0 Å². The van der Waals surface area contributed by atoms with Crippen LogP contribution < -0.4 is 10.6 Å². The van der Waals surface area contributed by atoms with Crippen molar-refractivity contribution in [2.24, 2.45) is 0 Å². The molecule has 1 heterocycles. The monoisotopic (exact) mass is 377 g/mol. The first-order chi connectivity index (χ1) is 11.6. The summed E-state index contributed by atoms with van der Waals surface area (Å²) in [4.78, 5) is 0. The van der Waals surface area contributed by atoms with E-state index in [1.165, 1.54) is 0 Å². The Labute approximate surface area is 154 Å². The minimum Gasteiger partial charge on any atom is -0.359 e. The van der Waals surface area contributed by atoms with Crippen molar-refractivity contribution in [2.45, 2.75) is 6.54 Å². The normalized spacial score (nSPS) is 10.4. The van der Waals surface area contributed by atoms with Gasteiger partial charge in [-0.3, -0.25) is 0 Å². The summed E-state index contributed by atoms with van der Waals surface area (Å²) in [6.07, 6.45) is 0. The van der Waals surface area contributed by atoms with Crippen LogP contribution in [0.5, 0.6) is 0 Å². The standard InChI is InChI=1S/C17H13Cl2N3OS/c18-13-7-4-8-14(19)16(13)21-17(24)20-10-12-9-15(22-23-12)11-5-2-1-3-6-11/h1-9H,10H2,(H2,20,21,24). The van der Waals surface area contributed by atoms with E-state index in [4.69, 9.17) is 39.9 Å². The first kappa shape index (κ1) is 16.8. The minimum absolute atomic E-state index is 0.391. The highest BCUT2D eigenvalue weighted by Gasteiger charge is 2.09. The van der Waals surface area contributed by atoms with Gasteiger partial charge in [-0.25, -0.2) is 0 Å². The highest BCUT2D eigenvalue weighted by Crippen LogP contribution is 2.29. The van der Waals surface area contributed by atoms with Crippen molar-refractivity contribution in [3.8, 4) is 11.3 Å². The van der Waals surface area contributed by atoms with Crippen molar-refractivity contribution in [3.05, 3.63) is 70.4 Å². The van der Waals surface area contributed by atoms with Gasteiger partial charge in [-0.15, -0.1) is 0 Å². The molecule has 1 aromatic heterocycles. The minimum atomic E-state index is 0.391. The van der Waals surface area contributed by atoms with E-state index < -0.39 is 0 Å². The largest absolute Gasteiger partial charge is 0.359 e. The molecule has 24 heavy (non-hydrogen) atoms. The predicted octanol–water partition coefficient (Wildman–Crippen LogP) is 5.14. The number of aromatic nitrogens is 1. The van der Waals surface area contributed by atoms with Gasteiger partial charge in [0.1, 0.15) is 5.69 Å². The van der Waals surface area contributed by atoms with Crippen molar-refractivity contribution >= 4 is 46.2 Å². The molecule has 0 saturated carbocycles. The Morgan fingerprint density at radius 1 is 1.04 bits per heavy atom. The Kier molecular flexibility index (Phi) is 5.35. The molecule has 0 unspecified atom stereocenters. The van der Waals surface area contributed by atoms with E-state index in [9.17, 15) is 0 Å². The second-order valence-electron chi connectivity index (χ2n) is 4.95. The zero-order valence-corrected chi connectivity index (χ0v) is 14.8. The van der Waals surface area contributed by atoms with Crippen LogP contribution in [0.15, 0.2) is 59.1 Å². The predicted molar refractivity (Wildman–Crippen MR) is 101 cm³/mol. The fraction of sp³-hybridized carbons (Fsp3) is 0.0588. The Balaban J connectivity index is 1.60. The fourth-order valence-electron chi connectivity index (χ4n) is 2.08. The first-order valence-electron chi connectivity index (χ1n) is 7.13. The molecule has 0 aliphatic rings. The topological polar surface area (TPSA) is 50.1 Å². The lowest BCUT2D eigenvalue weighted by Crippen LogP contribution is -2.28. The molecule has 3 aromatic rings. The lowest BCUT2D eigenvalue weighted by Gasteiger charge is -2.11. The van der Waals surface area contributed by atoms with E-state index in [0.717, 1.165) is 11.3 Å². The molecule has 3 rings (SSSR count). The lowest BCUT2D eigenvalue weighted by atomic mass is 10.1. The van der Waals surface area contributed by atoms with E-state index >= 15 is 0 Å². The van der Waals surface area contributed by atoms with E-state index in [-0.39, 0.29) is 0 Å². The summed E-state index contributed by atoms with van der Waals surface area (Å²) in [5.41, 5.74) is 2.34. The fourth-order valence-corrected chi connectivity index (χ4v) is 2.75. The number of benzene rings is 2. The van der Waals surface area contributed by atoms with E-state index in [0.29, 0.717) is 33.2 Å². The van der Waals surface area contributed by atoms with Crippen molar-refractivity contribution in [1.82, 2.24) is 10.5 Å². The Morgan fingerprint density at radius 3 is 2.46 bits per heavy atom. The van der Waals surface area contributed by atoms with Gasteiger partial charge in [-0.2, -0.15) is 0 Å². The van der Waals surface area contributed by atoms with Crippen LogP contribution in [-0.2, 0) is 6.54 Å². The van der Waals surface area contributed by atoms with Gasteiger partial charge in [-0.05, 0) is 24.4 Å². The average molecular weight is 378 g/mol. The van der Waals surface area contributed by atoms with Crippen LogP contribution in [-0.4, -0.2) is 10.3 Å². The van der Waals surface area contributed by atoms with Gasteiger partial charge < -0.3 is 15.2 Å². The molecule has 0 aliphatic carbocycles. The molecule has 4 nitrogen and oxygen atoms in total. The molecule has 122 valence electrons. The summed E-state index contributed by atoms with van der Waals surface area (Å²) in [6, 6.07) is 16.9. The maximum absolute atomic E-state index is 6.10. The van der Waals surface area contributed by atoms with Crippen molar-refractivity contribution in [2.75, 3.05) is 5.32 Å². The number of para-hydroxylation sites is 1. The van der Waals surface area contributed by atoms with E-state index in [1.807, 2.05) is 36.4 Å². The van der Waals surface area contributed by atoms with Crippen molar-refractivity contribution in [3.63, 3.8) is 0 Å². The van der Waals surface area contributed by atoms with Crippen molar-refractivity contribution < 1.29 is 4.52 Å². The van der Waals surface area contributed by atoms with E-state index in [1.54, 1.807) is 18.2 Å². The second kappa shape index (κ2) is 7.66. The van der Waals surface area contributed by atoms with Gasteiger partial charge in [0.2, 0.25) is 0 Å². The third kappa shape index (κ3) is 4.06. The van der Waals surface area contributed by atoms with Crippen LogP contribution in [0.2, 0.25) is 10.0 Å². The smallest absolute Gasteiger partial charge is 0.171 e. The molecular weight excluding hydrogens is 365 g/mol. The highest BCUT2D eigenvalue weighted by atomic mass is 35.5. The van der Waals surface area contributed by atoms with Gasteiger partial charge >= 0.3 is 0 Å². The second-order valence-corrected chi connectivity index (χ2v) is 6.17. The summed E-state index contributed by atoms with van der Waals surface area (Å²) < 4.78 is 5.32. The average Bonchev–Trinajstić information content (AvgIpc) is 3.06. The van der Waals surface area contributed by atoms with E-state index in [2.05, 4.69) is 15.8 Å². The summed E-state index contributed by atoms with van der Waals surface area (Å²) >= 11 is 17.5. The van der Waals surface area contributed by atoms with Crippen LogP contribution in [0.1, 0.15) is 5.76 Å². The molecule has 2 aromatic carbocycles. The summed E-state index contributed by atoms with van der Waals surface area (Å²) in [6.45, 7) is 0.397. The molecule has 7 heteroatoms. The quantitative estimate of drug-likeness (QED) is 0.616. The number of nitrogens with one attached hydrogen (secondary N) is 2. The third-order valence-corrected chi connectivity index (χ3v) is 4.13. The molecule has 0 bridgehead atoms. The number of nitrogens with zero attached hydrogens (tertiary/aromatic N) is 1. The van der Waals surface area contributed by atoms with Gasteiger partial charge in [0.15, 0.2) is 10.9 Å².